The van der Waals surface area contributed by atoms with Gasteiger partial charge in [0.25, 0.3) is 5.91 Å². The average molecular weight is 289 g/mol. The second kappa shape index (κ2) is 6.56. The minimum atomic E-state index is -1.10. The van der Waals surface area contributed by atoms with E-state index >= 15 is 0 Å². The van der Waals surface area contributed by atoms with Gasteiger partial charge in [-0.25, -0.2) is 14.2 Å². The second-order valence-electron chi connectivity index (χ2n) is 4.11. The van der Waals surface area contributed by atoms with Crippen molar-refractivity contribution in [2.75, 3.05) is 5.32 Å². The fourth-order valence-corrected chi connectivity index (χ4v) is 1.48. The molecular formula is C14H12FN3O3. The number of esters is 1. The maximum atomic E-state index is 13.4. The van der Waals surface area contributed by atoms with E-state index in [2.05, 4.69) is 15.3 Å². The summed E-state index contributed by atoms with van der Waals surface area (Å²) >= 11 is 0. The van der Waals surface area contributed by atoms with Gasteiger partial charge in [-0.2, -0.15) is 0 Å². The number of nitrogens with zero attached hydrogens (tertiary/aromatic N) is 2. The molecule has 0 aliphatic carbocycles. The SMILES string of the molecule is C[C@@H](OC(=O)c1cnccn1)C(=O)Nc1ccccc1F. The van der Waals surface area contributed by atoms with Gasteiger partial charge >= 0.3 is 5.97 Å². The molecule has 0 saturated heterocycles. The van der Waals surface area contributed by atoms with Crippen molar-refractivity contribution in [2.24, 2.45) is 0 Å². The van der Waals surface area contributed by atoms with E-state index in [4.69, 9.17) is 4.74 Å². The number of benzene rings is 1. The van der Waals surface area contributed by atoms with Crippen molar-refractivity contribution in [3.8, 4) is 0 Å². The van der Waals surface area contributed by atoms with Gasteiger partial charge in [0.2, 0.25) is 0 Å². The van der Waals surface area contributed by atoms with Gasteiger partial charge in [-0.15, -0.1) is 0 Å². The lowest BCUT2D eigenvalue weighted by Crippen LogP contribution is -2.30. The summed E-state index contributed by atoms with van der Waals surface area (Å²) in [6.07, 6.45) is 2.87. The van der Waals surface area contributed by atoms with Gasteiger partial charge in [0.15, 0.2) is 11.8 Å². The Balaban J connectivity index is 1.97. The Morgan fingerprint density at radius 3 is 2.71 bits per heavy atom. The van der Waals surface area contributed by atoms with Crippen LogP contribution < -0.4 is 5.32 Å². The number of para-hydroxylation sites is 1. The maximum absolute atomic E-state index is 13.4. The van der Waals surface area contributed by atoms with E-state index in [0.29, 0.717) is 0 Å². The van der Waals surface area contributed by atoms with E-state index < -0.39 is 23.8 Å². The Bertz CT molecular complexity index is 649. The van der Waals surface area contributed by atoms with E-state index in [0.717, 1.165) is 0 Å². The number of ether oxygens (including phenoxy) is 1. The van der Waals surface area contributed by atoms with Gasteiger partial charge in [-0.05, 0) is 19.1 Å². The van der Waals surface area contributed by atoms with Crippen molar-refractivity contribution in [3.63, 3.8) is 0 Å². The molecule has 7 heteroatoms. The van der Waals surface area contributed by atoms with Crippen molar-refractivity contribution < 1.29 is 18.7 Å². The van der Waals surface area contributed by atoms with Crippen LogP contribution in [0.4, 0.5) is 10.1 Å². The average Bonchev–Trinajstić information content (AvgIpc) is 2.50. The number of carbonyl (C=O) groups excluding carboxylic acids is 2. The first-order valence-corrected chi connectivity index (χ1v) is 6.10. The summed E-state index contributed by atoms with van der Waals surface area (Å²) in [5, 5.41) is 2.34. The van der Waals surface area contributed by atoms with Crippen LogP contribution >= 0.6 is 0 Å². The zero-order valence-corrected chi connectivity index (χ0v) is 11.1. The van der Waals surface area contributed by atoms with Gasteiger partial charge in [0.1, 0.15) is 5.82 Å². The number of nitrogens with one attached hydrogen (secondary N) is 1. The minimum Gasteiger partial charge on any atom is -0.448 e. The summed E-state index contributed by atoms with van der Waals surface area (Å²) in [7, 11) is 0. The number of aromatic nitrogens is 2. The molecule has 1 amide bonds. The van der Waals surface area contributed by atoms with Crippen molar-refractivity contribution in [3.05, 3.63) is 54.4 Å². The highest BCUT2D eigenvalue weighted by Crippen LogP contribution is 2.13. The number of anilines is 1. The molecule has 1 aromatic carbocycles. The molecule has 1 aromatic heterocycles. The van der Waals surface area contributed by atoms with Crippen LogP contribution in [0.5, 0.6) is 0 Å². The lowest BCUT2D eigenvalue weighted by molar-refractivity contribution is -0.123. The van der Waals surface area contributed by atoms with Crippen LogP contribution in [-0.2, 0) is 9.53 Å². The smallest absolute Gasteiger partial charge is 0.359 e. The highest BCUT2D eigenvalue weighted by atomic mass is 19.1. The number of carbonyl (C=O) groups is 2. The molecule has 1 heterocycles. The summed E-state index contributed by atoms with van der Waals surface area (Å²) < 4.78 is 18.3. The van der Waals surface area contributed by atoms with E-state index in [1.54, 1.807) is 6.07 Å². The van der Waals surface area contributed by atoms with E-state index in [-0.39, 0.29) is 11.4 Å². The number of halogens is 1. The van der Waals surface area contributed by atoms with E-state index in [1.165, 1.54) is 43.7 Å². The Kier molecular flexibility index (Phi) is 4.55. The third kappa shape index (κ3) is 3.82. The Labute approximate surface area is 120 Å². The largest absolute Gasteiger partial charge is 0.448 e. The molecule has 0 aliphatic heterocycles. The zero-order valence-electron chi connectivity index (χ0n) is 11.1. The molecule has 2 aromatic rings. The lowest BCUT2D eigenvalue weighted by atomic mass is 10.3. The Hall–Kier alpha value is -2.83. The van der Waals surface area contributed by atoms with Gasteiger partial charge in [-0.3, -0.25) is 9.78 Å². The first-order chi connectivity index (χ1) is 10.1. The summed E-state index contributed by atoms with van der Waals surface area (Å²) in [5.74, 6) is -1.99. The molecular weight excluding hydrogens is 277 g/mol. The predicted octanol–water partition coefficient (Wildman–Crippen LogP) is 1.80. The standard InChI is InChI=1S/C14H12FN3O3/c1-9(21-14(20)12-8-16-6-7-17-12)13(19)18-11-5-3-2-4-10(11)15/h2-9H,1H3,(H,18,19)/t9-/m1/s1. The van der Waals surface area contributed by atoms with Crippen molar-refractivity contribution >= 4 is 17.6 Å². The van der Waals surface area contributed by atoms with Crippen LogP contribution in [0, 0.1) is 5.82 Å². The highest BCUT2D eigenvalue weighted by Gasteiger charge is 2.20. The highest BCUT2D eigenvalue weighted by molar-refractivity contribution is 5.96. The normalized spacial score (nSPS) is 11.5. The second-order valence-corrected chi connectivity index (χ2v) is 4.11. The molecule has 1 atom stereocenters. The van der Waals surface area contributed by atoms with Crippen LogP contribution in [0.25, 0.3) is 0 Å². The molecule has 0 fully saturated rings. The van der Waals surface area contributed by atoms with Gasteiger partial charge in [0, 0.05) is 12.4 Å². The molecule has 1 N–H and O–H groups in total. The van der Waals surface area contributed by atoms with Crippen molar-refractivity contribution in [2.45, 2.75) is 13.0 Å². The summed E-state index contributed by atoms with van der Waals surface area (Å²) in [4.78, 5) is 31.0. The molecule has 108 valence electrons. The minimum absolute atomic E-state index is 0.0111. The molecule has 0 spiro atoms. The van der Waals surface area contributed by atoms with Crippen molar-refractivity contribution in [1.82, 2.24) is 9.97 Å². The Morgan fingerprint density at radius 1 is 1.29 bits per heavy atom. The monoisotopic (exact) mass is 289 g/mol. The Morgan fingerprint density at radius 2 is 2.05 bits per heavy atom. The van der Waals surface area contributed by atoms with Crippen LogP contribution in [0.15, 0.2) is 42.9 Å². The summed E-state index contributed by atoms with van der Waals surface area (Å²) in [6.45, 7) is 1.38. The van der Waals surface area contributed by atoms with E-state index in [1.807, 2.05) is 0 Å². The van der Waals surface area contributed by atoms with E-state index in [9.17, 15) is 14.0 Å². The summed E-state index contributed by atoms with van der Waals surface area (Å²) in [6, 6.07) is 5.70. The van der Waals surface area contributed by atoms with Gasteiger partial charge < -0.3 is 10.1 Å². The third-order valence-electron chi connectivity index (χ3n) is 2.56. The molecule has 0 radical (unpaired) electrons. The predicted molar refractivity (Wildman–Crippen MR) is 71.9 cm³/mol. The molecule has 0 saturated carbocycles. The third-order valence-corrected chi connectivity index (χ3v) is 2.56. The fourth-order valence-electron chi connectivity index (χ4n) is 1.48. The van der Waals surface area contributed by atoms with Gasteiger partial charge in [0.05, 0.1) is 11.9 Å². The number of hydrogen-bond donors (Lipinski definition) is 1. The molecule has 2 rings (SSSR count). The summed E-state index contributed by atoms with van der Waals surface area (Å²) in [5.41, 5.74) is 0.00736. The van der Waals surface area contributed by atoms with Crippen molar-refractivity contribution in [1.29, 1.82) is 0 Å². The van der Waals surface area contributed by atoms with Crippen LogP contribution in [0.1, 0.15) is 17.4 Å². The topological polar surface area (TPSA) is 81.2 Å². The molecule has 0 aliphatic rings. The quantitative estimate of drug-likeness (QED) is 0.868. The molecule has 6 nitrogen and oxygen atoms in total. The first-order valence-electron chi connectivity index (χ1n) is 6.10. The number of amides is 1. The molecule has 21 heavy (non-hydrogen) atoms. The van der Waals surface area contributed by atoms with Crippen LogP contribution in [0.3, 0.4) is 0 Å². The number of rotatable bonds is 4. The molecule has 0 bridgehead atoms. The molecule has 0 unspecified atom stereocenters. The van der Waals surface area contributed by atoms with Crippen LogP contribution in [0.2, 0.25) is 0 Å². The maximum Gasteiger partial charge on any atom is 0.359 e. The lowest BCUT2D eigenvalue weighted by Gasteiger charge is -2.13. The first kappa shape index (κ1) is 14.6. The number of hydrogen-bond acceptors (Lipinski definition) is 5. The fraction of sp³-hybridized carbons (Fsp3) is 0.143. The van der Waals surface area contributed by atoms with Crippen LogP contribution in [-0.4, -0.2) is 27.9 Å². The van der Waals surface area contributed by atoms with Gasteiger partial charge in [-0.1, -0.05) is 12.1 Å². The zero-order chi connectivity index (χ0) is 15.2.